The van der Waals surface area contributed by atoms with Gasteiger partial charge in [-0.25, -0.2) is 4.57 Å². The third-order valence-electron chi connectivity index (χ3n) is 0. The van der Waals surface area contributed by atoms with Gasteiger partial charge in [0.2, 0.25) is 0 Å². The van der Waals surface area contributed by atoms with Crippen LogP contribution in [0, 0.1) is 0 Å². The van der Waals surface area contributed by atoms with Crippen LogP contribution in [0.3, 0.4) is 0 Å². The summed E-state index contributed by atoms with van der Waals surface area (Å²) in [7, 11) is -9.31. The summed E-state index contributed by atoms with van der Waals surface area (Å²) in [6, 6.07) is 0. The summed E-state index contributed by atoms with van der Waals surface area (Å²) < 4.78 is 40.5. The molecule has 1 atom stereocenters. The molecule has 0 aromatic heterocycles. The average molecular weight is 264 g/mol. The average Bonchev–Trinajstić information content (AvgIpc) is 1.12. The van der Waals surface area contributed by atoms with Gasteiger partial charge >= 0.3 is 18.2 Å². The van der Waals surface area contributed by atoms with Crippen LogP contribution in [0.25, 0.3) is 0 Å². The van der Waals surface area contributed by atoms with Crippen LogP contribution in [0.1, 0.15) is 0 Å². The van der Waals surface area contributed by atoms with Gasteiger partial charge in [-0.05, 0) is 0 Å². The zero-order valence-corrected chi connectivity index (χ0v) is 9.56. The first-order chi connectivity index (χ1) is 4.00. The van der Waals surface area contributed by atoms with E-state index in [-0.39, 0.29) is 22.2 Å². The number of hydrogen-bond acceptors (Lipinski definition) is 5. The third kappa shape index (κ3) is 12100. The highest BCUT2D eigenvalue weighted by atomic mass is 32.3. The topological polar surface area (TPSA) is 222 Å². The molecule has 10 nitrogen and oxygen atoms in total. The maximum atomic E-state index is 8.88. The van der Waals surface area contributed by atoms with Crippen LogP contribution in [0.4, 0.5) is 0 Å². The SMILES string of the molecule is N.N.O=P(O)(O)O.O=S(=O)(O)O.P. The molecule has 0 aliphatic rings. The summed E-state index contributed by atoms with van der Waals surface area (Å²) in [6.07, 6.45) is 0. The molecule has 0 saturated carbocycles. The molecule has 0 radical (unpaired) electrons. The molecule has 0 fully saturated rings. The molecule has 13 heteroatoms. The minimum atomic E-state index is -4.67. The third-order valence-corrected chi connectivity index (χ3v) is 0. The fourth-order valence-corrected chi connectivity index (χ4v) is 0. The number of rotatable bonds is 0. The number of hydrogen-bond donors (Lipinski definition) is 7. The highest BCUT2D eigenvalue weighted by molar-refractivity contribution is 7.79. The lowest BCUT2D eigenvalue weighted by Crippen LogP contribution is -1.89. The highest BCUT2D eigenvalue weighted by Gasteiger charge is 2.00. The van der Waals surface area contributed by atoms with E-state index in [9.17, 15) is 0 Å². The molecule has 0 spiro atoms. The van der Waals surface area contributed by atoms with E-state index in [0.29, 0.717) is 0 Å². The summed E-state index contributed by atoms with van der Waals surface area (Å²) in [5.74, 6) is 0. The van der Waals surface area contributed by atoms with Gasteiger partial charge in [-0.1, -0.05) is 0 Å². The van der Waals surface area contributed by atoms with Gasteiger partial charge in [-0.15, -0.1) is 0 Å². The fourth-order valence-electron chi connectivity index (χ4n) is 0. The molecule has 1 unspecified atom stereocenters. The quantitative estimate of drug-likeness (QED) is 0.204. The number of phosphoric acid groups is 1. The van der Waals surface area contributed by atoms with Gasteiger partial charge in [-0.2, -0.15) is 18.3 Å². The minimum absolute atomic E-state index is 0. The van der Waals surface area contributed by atoms with Crippen molar-refractivity contribution >= 4 is 28.1 Å². The van der Waals surface area contributed by atoms with Gasteiger partial charge in [0.1, 0.15) is 0 Å². The van der Waals surface area contributed by atoms with E-state index in [1.807, 2.05) is 0 Å². The van der Waals surface area contributed by atoms with Crippen molar-refractivity contribution in [1.82, 2.24) is 12.3 Å². The molecule has 0 amide bonds. The van der Waals surface area contributed by atoms with Crippen LogP contribution in [0.2, 0.25) is 0 Å². The lowest BCUT2D eigenvalue weighted by molar-refractivity contribution is 0.275. The molecule has 13 heavy (non-hydrogen) atoms. The van der Waals surface area contributed by atoms with Gasteiger partial charge in [0.15, 0.2) is 0 Å². The predicted octanol–water partition coefficient (Wildman–Crippen LogP) is -1.20. The summed E-state index contributed by atoms with van der Waals surface area (Å²) in [4.78, 5) is 21.6. The predicted molar refractivity (Wildman–Crippen MR) is 49.6 cm³/mol. The maximum absolute atomic E-state index is 8.88. The first kappa shape index (κ1) is 29.2. The van der Waals surface area contributed by atoms with E-state index in [0.717, 1.165) is 0 Å². The van der Waals surface area contributed by atoms with Gasteiger partial charge in [0, 0.05) is 0 Å². The zero-order chi connectivity index (χ0) is 9.00. The Balaban J connectivity index is -0.0000000267. The molecular weight excluding hydrogens is 250 g/mol. The molecule has 0 heterocycles. The smallest absolute Gasteiger partial charge is 0.344 e. The van der Waals surface area contributed by atoms with Crippen LogP contribution in [0.15, 0.2) is 0 Å². The molecular formula is H14N2O8P2S. The van der Waals surface area contributed by atoms with E-state index in [2.05, 4.69) is 0 Å². The Kier molecular flexibility index (Phi) is 23.4. The van der Waals surface area contributed by atoms with Crippen LogP contribution >= 0.6 is 17.7 Å². The van der Waals surface area contributed by atoms with Crippen molar-refractivity contribution in [2.45, 2.75) is 0 Å². The van der Waals surface area contributed by atoms with Gasteiger partial charge < -0.3 is 27.0 Å². The second-order valence-electron chi connectivity index (χ2n) is 0.961. The summed E-state index contributed by atoms with van der Waals surface area (Å²) in [5, 5.41) is 0. The summed E-state index contributed by atoms with van der Waals surface area (Å²) >= 11 is 0. The lowest BCUT2D eigenvalue weighted by atomic mass is 14.0. The van der Waals surface area contributed by atoms with Gasteiger partial charge in [0.05, 0.1) is 0 Å². The largest absolute Gasteiger partial charge is 0.466 e. The van der Waals surface area contributed by atoms with Gasteiger partial charge in [-0.3, -0.25) is 9.11 Å². The minimum Gasteiger partial charge on any atom is -0.344 e. The Morgan fingerprint density at radius 1 is 0.923 bits per heavy atom. The first-order valence-electron chi connectivity index (χ1n) is 1.48. The Hall–Kier alpha value is 0.330. The molecule has 0 bridgehead atoms. The van der Waals surface area contributed by atoms with Crippen molar-refractivity contribution in [3.05, 3.63) is 0 Å². The van der Waals surface area contributed by atoms with Crippen LogP contribution in [0.5, 0.6) is 0 Å². The summed E-state index contributed by atoms with van der Waals surface area (Å²) in [6.45, 7) is 0. The fraction of sp³-hybridized carbons (Fsp3) is 0. The van der Waals surface area contributed by atoms with Crippen molar-refractivity contribution in [2.75, 3.05) is 0 Å². The Bertz CT molecular complexity index is 198. The van der Waals surface area contributed by atoms with E-state index in [4.69, 9.17) is 36.8 Å². The van der Waals surface area contributed by atoms with Crippen molar-refractivity contribution < 1.29 is 36.8 Å². The van der Waals surface area contributed by atoms with Crippen molar-refractivity contribution in [1.29, 1.82) is 0 Å². The lowest BCUT2D eigenvalue weighted by Gasteiger charge is -1.82. The molecule has 11 N–H and O–H groups in total. The van der Waals surface area contributed by atoms with Crippen LogP contribution < -0.4 is 12.3 Å². The Morgan fingerprint density at radius 3 is 0.923 bits per heavy atom. The molecule has 0 rings (SSSR count). The zero-order valence-electron chi connectivity index (χ0n) is 6.44. The monoisotopic (exact) mass is 264 g/mol. The Morgan fingerprint density at radius 2 is 0.923 bits per heavy atom. The van der Waals surface area contributed by atoms with E-state index < -0.39 is 18.2 Å². The molecule has 0 aromatic carbocycles. The Labute approximate surface area is 78.0 Å². The second-order valence-corrected chi connectivity index (χ2v) is 2.88. The van der Waals surface area contributed by atoms with Crippen molar-refractivity contribution in [3.8, 4) is 0 Å². The molecule has 0 aromatic rings. The van der Waals surface area contributed by atoms with E-state index in [1.165, 1.54) is 0 Å². The standard InChI is InChI=1S/2H3N.H3O4P.H2O4S.H3P/c;;2*1-5(2,3)4;/h2*1H3;(H3,1,2,3,4);(H2,1,2,3,4);1H3. The van der Waals surface area contributed by atoms with Crippen LogP contribution in [-0.4, -0.2) is 32.2 Å². The van der Waals surface area contributed by atoms with Crippen LogP contribution in [-0.2, 0) is 15.0 Å². The highest BCUT2D eigenvalue weighted by Crippen LogP contribution is 2.25. The van der Waals surface area contributed by atoms with E-state index in [1.54, 1.807) is 0 Å². The maximum Gasteiger partial charge on any atom is 0.466 e. The van der Waals surface area contributed by atoms with Crippen molar-refractivity contribution in [2.24, 2.45) is 0 Å². The molecule has 88 valence electrons. The normalized spacial score (nSPS) is 9.00. The molecule has 0 aliphatic heterocycles. The van der Waals surface area contributed by atoms with Gasteiger partial charge in [0.25, 0.3) is 0 Å². The molecule has 0 aliphatic carbocycles. The second kappa shape index (κ2) is 10.4. The van der Waals surface area contributed by atoms with E-state index >= 15 is 0 Å². The summed E-state index contributed by atoms with van der Waals surface area (Å²) in [5.41, 5.74) is 0. The molecule has 0 saturated heterocycles. The first-order valence-corrected chi connectivity index (χ1v) is 4.44. The van der Waals surface area contributed by atoms with Crippen molar-refractivity contribution in [3.63, 3.8) is 0 Å².